The summed E-state index contributed by atoms with van der Waals surface area (Å²) in [6, 6.07) is 5.67. The van der Waals surface area contributed by atoms with Crippen LogP contribution in [0.3, 0.4) is 0 Å². The molecule has 0 aromatic heterocycles. The van der Waals surface area contributed by atoms with Crippen molar-refractivity contribution >= 4 is 17.5 Å². The van der Waals surface area contributed by atoms with Crippen LogP contribution in [0.15, 0.2) is 30.9 Å². The van der Waals surface area contributed by atoms with Crippen molar-refractivity contribution in [2.75, 3.05) is 11.9 Å². The van der Waals surface area contributed by atoms with E-state index in [1.807, 2.05) is 32.0 Å². The van der Waals surface area contributed by atoms with E-state index < -0.39 is 0 Å². The van der Waals surface area contributed by atoms with Crippen molar-refractivity contribution in [2.45, 2.75) is 20.3 Å². The van der Waals surface area contributed by atoms with E-state index in [9.17, 15) is 9.59 Å². The largest absolute Gasteiger partial charge is 0.352 e. The highest BCUT2D eigenvalue weighted by Gasteiger charge is 2.10. The fraction of sp³-hybridized carbons (Fsp3) is 0.286. The van der Waals surface area contributed by atoms with Crippen molar-refractivity contribution in [3.63, 3.8) is 0 Å². The molecule has 96 valence electrons. The first-order valence-electron chi connectivity index (χ1n) is 5.78. The highest BCUT2D eigenvalue weighted by Crippen LogP contribution is 2.17. The molecule has 0 atom stereocenters. The molecule has 0 aliphatic rings. The molecular formula is C14H18N2O2. The molecule has 0 radical (unpaired) electrons. The molecule has 2 N–H and O–H groups in total. The van der Waals surface area contributed by atoms with Gasteiger partial charge in [-0.1, -0.05) is 18.2 Å². The predicted octanol–water partition coefficient (Wildman–Crippen LogP) is 1.93. The second kappa shape index (κ2) is 6.59. The summed E-state index contributed by atoms with van der Waals surface area (Å²) in [7, 11) is 0. The Kier molecular flexibility index (Phi) is 5.11. The van der Waals surface area contributed by atoms with Crippen LogP contribution in [-0.2, 0) is 9.59 Å². The number of amides is 2. The van der Waals surface area contributed by atoms with Gasteiger partial charge in [0.2, 0.25) is 11.8 Å². The van der Waals surface area contributed by atoms with E-state index in [1.54, 1.807) is 6.08 Å². The molecule has 0 fully saturated rings. The minimum absolute atomic E-state index is 0.179. The molecular weight excluding hydrogens is 228 g/mol. The Morgan fingerprint density at radius 2 is 2.00 bits per heavy atom. The summed E-state index contributed by atoms with van der Waals surface area (Å²) in [5, 5.41) is 5.29. The third kappa shape index (κ3) is 4.05. The summed E-state index contributed by atoms with van der Waals surface area (Å²) >= 11 is 0. The van der Waals surface area contributed by atoms with Crippen molar-refractivity contribution in [1.82, 2.24) is 5.32 Å². The number of hydrogen-bond acceptors (Lipinski definition) is 2. The summed E-state index contributed by atoms with van der Waals surface area (Å²) < 4.78 is 0. The Morgan fingerprint density at radius 1 is 1.28 bits per heavy atom. The SMILES string of the molecule is C=CCNC(=O)CC(=O)Nc1cccc(C)c1C. The van der Waals surface area contributed by atoms with E-state index in [1.165, 1.54) is 0 Å². The minimum Gasteiger partial charge on any atom is -0.352 e. The minimum atomic E-state index is -0.315. The van der Waals surface area contributed by atoms with E-state index in [-0.39, 0.29) is 18.2 Å². The van der Waals surface area contributed by atoms with E-state index >= 15 is 0 Å². The monoisotopic (exact) mass is 246 g/mol. The molecule has 0 heterocycles. The Hall–Kier alpha value is -2.10. The van der Waals surface area contributed by atoms with E-state index in [0.29, 0.717) is 6.54 Å². The van der Waals surface area contributed by atoms with E-state index in [0.717, 1.165) is 16.8 Å². The maximum atomic E-state index is 11.7. The molecule has 0 saturated heterocycles. The third-order valence-corrected chi connectivity index (χ3v) is 2.64. The average molecular weight is 246 g/mol. The van der Waals surface area contributed by atoms with Crippen LogP contribution in [0, 0.1) is 13.8 Å². The van der Waals surface area contributed by atoms with Crippen molar-refractivity contribution in [2.24, 2.45) is 0 Å². The van der Waals surface area contributed by atoms with Crippen LogP contribution in [0.1, 0.15) is 17.5 Å². The molecule has 2 amide bonds. The number of carbonyl (C=O) groups excluding carboxylic acids is 2. The van der Waals surface area contributed by atoms with Crippen LogP contribution in [0.25, 0.3) is 0 Å². The molecule has 0 aliphatic carbocycles. The Balaban J connectivity index is 2.57. The zero-order chi connectivity index (χ0) is 13.5. The highest BCUT2D eigenvalue weighted by atomic mass is 16.2. The predicted molar refractivity (Wildman–Crippen MR) is 72.4 cm³/mol. The molecule has 0 unspecified atom stereocenters. The van der Waals surface area contributed by atoms with E-state index in [2.05, 4.69) is 17.2 Å². The second-order valence-electron chi connectivity index (χ2n) is 4.07. The molecule has 1 aromatic carbocycles. The van der Waals surface area contributed by atoms with Gasteiger partial charge in [0.05, 0.1) is 0 Å². The molecule has 4 heteroatoms. The number of rotatable bonds is 5. The molecule has 0 bridgehead atoms. The molecule has 18 heavy (non-hydrogen) atoms. The Bertz CT molecular complexity index is 467. The van der Waals surface area contributed by atoms with Gasteiger partial charge >= 0.3 is 0 Å². The number of hydrogen-bond donors (Lipinski definition) is 2. The maximum absolute atomic E-state index is 11.7. The number of anilines is 1. The number of nitrogens with one attached hydrogen (secondary N) is 2. The van der Waals surface area contributed by atoms with Crippen LogP contribution >= 0.6 is 0 Å². The van der Waals surface area contributed by atoms with Crippen LogP contribution in [0.4, 0.5) is 5.69 Å². The van der Waals surface area contributed by atoms with Gasteiger partial charge in [0, 0.05) is 12.2 Å². The van der Waals surface area contributed by atoms with Crippen molar-refractivity contribution in [3.8, 4) is 0 Å². The van der Waals surface area contributed by atoms with Gasteiger partial charge in [-0.05, 0) is 31.0 Å². The lowest BCUT2D eigenvalue weighted by Crippen LogP contribution is -2.28. The standard InChI is InChI=1S/C14H18N2O2/c1-4-8-15-13(17)9-14(18)16-12-7-5-6-10(2)11(12)3/h4-7H,1,8-9H2,2-3H3,(H,15,17)(H,16,18). The van der Waals surface area contributed by atoms with Gasteiger partial charge < -0.3 is 10.6 Å². The first-order valence-corrected chi connectivity index (χ1v) is 5.78. The molecule has 0 spiro atoms. The molecule has 0 aliphatic heterocycles. The van der Waals surface area contributed by atoms with Gasteiger partial charge in [-0.2, -0.15) is 0 Å². The zero-order valence-corrected chi connectivity index (χ0v) is 10.7. The summed E-state index contributed by atoms with van der Waals surface area (Å²) in [6.45, 7) is 7.76. The fourth-order valence-corrected chi connectivity index (χ4v) is 1.48. The van der Waals surface area contributed by atoms with Gasteiger partial charge in [-0.3, -0.25) is 9.59 Å². The van der Waals surface area contributed by atoms with Gasteiger partial charge in [0.1, 0.15) is 6.42 Å². The summed E-state index contributed by atoms with van der Waals surface area (Å²) in [5.41, 5.74) is 2.86. The topological polar surface area (TPSA) is 58.2 Å². The van der Waals surface area contributed by atoms with E-state index in [4.69, 9.17) is 0 Å². The molecule has 1 rings (SSSR count). The smallest absolute Gasteiger partial charge is 0.233 e. The van der Waals surface area contributed by atoms with Gasteiger partial charge in [-0.25, -0.2) is 0 Å². The first-order chi connectivity index (χ1) is 8.54. The van der Waals surface area contributed by atoms with Gasteiger partial charge in [0.15, 0.2) is 0 Å². The lowest BCUT2D eigenvalue weighted by Gasteiger charge is -2.10. The summed E-state index contributed by atoms with van der Waals surface area (Å²) in [4.78, 5) is 23.0. The average Bonchev–Trinajstić information content (AvgIpc) is 2.32. The van der Waals surface area contributed by atoms with Gasteiger partial charge in [0.25, 0.3) is 0 Å². The molecule has 0 saturated carbocycles. The van der Waals surface area contributed by atoms with Crippen LogP contribution < -0.4 is 10.6 Å². The Morgan fingerprint density at radius 3 is 2.67 bits per heavy atom. The normalized spacial score (nSPS) is 9.67. The lowest BCUT2D eigenvalue weighted by atomic mass is 10.1. The van der Waals surface area contributed by atoms with Crippen LogP contribution in [0.5, 0.6) is 0 Å². The van der Waals surface area contributed by atoms with Crippen molar-refractivity contribution in [3.05, 3.63) is 42.0 Å². The zero-order valence-electron chi connectivity index (χ0n) is 10.7. The second-order valence-corrected chi connectivity index (χ2v) is 4.07. The third-order valence-electron chi connectivity index (χ3n) is 2.64. The molecule has 4 nitrogen and oxygen atoms in total. The first kappa shape index (κ1) is 14.0. The maximum Gasteiger partial charge on any atom is 0.233 e. The fourth-order valence-electron chi connectivity index (χ4n) is 1.48. The van der Waals surface area contributed by atoms with Gasteiger partial charge in [-0.15, -0.1) is 6.58 Å². The van der Waals surface area contributed by atoms with Crippen LogP contribution in [0.2, 0.25) is 0 Å². The number of benzene rings is 1. The summed E-state index contributed by atoms with van der Waals surface area (Å²) in [5.74, 6) is -0.622. The van der Waals surface area contributed by atoms with Crippen molar-refractivity contribution in [1.29, 1.82) is 0 Å². The highest BCUT2D eigenvalue weighted by molar-refractivity contribution is 6.03. The lowest BCUT2D eigenvalue weighted by molar-refractivity contribution is -0.126. The molecule has 1 aromatic rings. The van der Waals surface area contributed by atoms with Crippen LogP contribution in [-0.4, -0.2) is 18.4 Å². The number of aryl methyl sites for hydroxylation is 1. The Labute approximate surface area is 107 Å². The number of carbonyl (C=O) groups is 2. The summed E-state index contributed by atoms with van der Waals surface area (Å²) in [6.07, 6.45) is 1.39. The quantitative estimate of drug-likeness (QED) is 0.616. The van der Waals surface area contributed by atoms with Crippen molar-refractivity contribution < 1.29 is 9.59 Å².